The Kier molecular flexibility index (Phi) is 3.93. The molecule has 1 amide bonds. The molecule has 0 aliphatic carbocycles. The van der Waals surface area contributed by atoms with Gasteiger partial charge in [0, 0.05) is 24.4 Å². The Bertz CT molecular complexity index is 720. The van der Waals surface area contributed by atoms with Crippen LogP contribution in [0, 0.1) is 6.92 Å². The Morgan fingerprint density at radius 2 is 2.09 bits per heavy atom. The fraction of sp³-hybridized carbons (Fsp3) is 0.588. The number of thiophene rings is 1. The summed E-state index contributed by atoms with van der Waals surface area (Å²) in [5, 5.41) is 8.89. The third-order valence-corrected chi connectivity index (χ3v) is 5.89. The second kappa shape index (κ2) is 6.07. The van der Waals surface area contributed by atoms with E-state index in [1.165, 1.54) is 24.1 Å². The predicted molar refractivity (Wildman–Crippen MR) is 89.6 cm³/mol. The summed E-state index contributed by atoms with van der Waals surface area (Å²) in [5.74, 6) is 2.25. The van der Waals surface area contributed by atoms with E-state index in [0.29, 0.717) is 0 Å². The molecule has 2 aliphatic heterocycles. The van der Waals surface area contributed by atoms with Crippen LogP contribution in [-0.4, -0.2) is 32.1 Å². The van der Waals surface area contributed by atoms with Gasteiger partial charge in [0.15, 0.2) is 5.82 Å². The van der Waals surface area contributed by atoms with Crippen LogP contribution < -0.4 is 0 Å². The molecular weight excluding hydrogens is 308 g/mol. The molecule has 0 aromatic carbocycles. The third kappa shape index (κ3) is 2.69. The molecule has 4 heterocycles. The van der Waals surface area contributed by atoms with Gasteiger partial charge in [0.1, 0.15) is 5.82 Å². The van der Waals surface area contributed by atoms with E-state index >= 15 is 0 Å². The van der Waals surface area contributed by atoms with Crippen LogP contribution in [0.1, 0.15) is 64.3 Å². The summed E-state index contributed by atoms with van der Waals surface area (Å²) in [4.78, 5) is 16.9. The molecule has 2 aromatic rings. The molecule has 1 fully saturated rings. The lowest BCUT2D eigenvalue weighted by Crippen LogP contribution is -2.31. The zero-order chi connectivity index (χ0) is 15.8. The minimum Gasteiger partial charge on any atom is -0.328 e. The minimum absolute atomic E-state index is 0.0873. The van der Waals surface area contributed by atoms with Crippen molar-refractivity contribution >= 4 is 17.2 Å². The van der Waals surface area contributed by atoms with E-state index in [4.69, 9.17) is 0 Å². The maximum absolute atomic E-state index is 12.9. The summed E-state index contributed by atoms with van der Waals surface area (Å²) in [6, 6.07) is 4.05. The molecule has 0 radical (unpaired) electrons. The van der Waals surface area contributed by atoms with E-state index in [-0.39, 0.29) is 11.9 Å². The van der Waals surface area contributed by atoms with Gasteiger partial charge in [-0.05, 0) is 44.7 Å². The van der Waals surface area contributed by atoms with Gasteiger partial charge in [-0.1, -0.05) is 6.42 Å². The molecule has 1 saturated heterocycles. The summed E-state index contributed by atoms with van der Waals surface area (Å²) in [7, 11) is 0. The second-order valence-corrected chi connectivity index (χ2v) is 7.79. The normalized spacial score (nSPS) is 21.3. The summed E-state index contributed by atoms with van der Waals surface area (Å²) in [6.07, 6.45) is 6.68. The number of carbonyl (C=O) groups excluding carboxylic acids is 1. The molecule has 0 unspecified atom stereocenters. The first kappa shape index (κ1) is 14.9. The number of aromatic nitrogens is 3. The lowest BCUT2D eigenvalue weighted by Gasteiger charge is -2.24. The first-order valence-electron chi connectivity index (χ1n) is 8.53. The zero-order valence-electron chi connectivity index (χ0n) is 13.5. The summed E-state index contributed by atoms with van der Waals surface area (Å²) in [6.45, 7) is 3.86. The number of rotatable bonds is 2. The monoisotopic (exact) mass is 330 g/mol. The van der Waals surface area contributed by atoms with Gasteiger partial charge in [0.25, 0.3) is 5.91 Å². The summed E-state index contributed by atoms with van der Waals surface area (Å²) >= 11 is 1.58. The standard InChI is InChI=1S/C17H22N4OS/c1-12-8-9-14(23-12)17(22)20-11-5-6-13(20)16-19-18-15-7-3-2-4-10-21(15)16/h8-9,13H,2-7,10-11H2,1H3/t13-/m0/s1. The molecule has 2 aromatic heterocycles. The van der Waals surface area contributed by atoms with E-state index in [1.54, 1.807) is 11.3 Å². The number of nitrogens with zero attached hydrogens (tertiary/aromatic N) is 4. The minimum atomic E-state index is 0.0873. The van der Waals surface area contributed by atoms with Gasteiger partial charge in [0.05, 0.1) is 10.9 Å². The van der Waals surface area contributed by atoms with Crippen molar-refractivity contribution in [1.82, 2.24) is 19.7 Å². The summed E-state index contributed by atoms with van der Waals surface area (Å²) in [5.41, 5.74) is 0. The lowest BCUT2D eigenvalue weighted by atomic mass is 10.2. The van der Waals surface area contributed by atoms with Gasteiger partial charge >= 0.3 is 0 Å². The second-order valence-electron chi connectivity index (χ2n) is 6.50. The molecular formula is C17H22N4OS. The molecule has 2 aliphatic rings. The Labute approximate surface area is 140 Å². The number of carbonyl (C=O) groups is 1. The van der Waals surface area contributed by atoms with Crippen molar-refractivity contribution in [2.75, 3.05) is 6.54 Å². The average Bonchev–Trinajstić information content (AvgIpc) is 3.23. The van der Waals surface area contributed by atoms with Crippen molar-refractivity contribution < 1.29 is 4.79 Å². The van der Waals surface area contributed by atoms with E-state index in [9.17, 15) is 4.79 Å². The van der Waals surface area contributed by atoms with Crippen LogP contribution >= 0.6 is 11.3 Å². The maximum atomic E-state index is 12.9. The number of amides is 1. The highest BCUT2D eigenvalue weighted by Gasteiger charge is 2.35. The number of hydrogen-bond donors (Lipinski definition) is 0. The zero-order valence-corrected chi connectivity index (χ0v) is 14.3. The highest BCUT2D eigenvalue weighted by atomic mass is 32.1. The van der Waals surface area contributed by atoms with E-state index < -0.39 is 0 Å². The fourth-order valence-electron chi connectivity index (χ4n) is 3.72. The van der Waals surface area contributed by atoms with Crippen LogP contribution in [0.25, 0.3) is 0 Å². The highest BCUT2D eigenvalue weighted by molar-refractivity contribution is 7.13. The lowest BCUT2D eigenvalue weighted by molar-refractivity contribution is 0.0732. The molecule has 5 nitrogen and oxygen atoms in total. The Morgan fingerprint density at radius 1 is 1.17 bits per heavy atom. The van der Waals surface area contributed by atoms with E-state index in [2.05, 4.69) is 14.8 Å². The maximum Gasteiger partial charge on any atom is 0.264 e. The smallest absolute Gasteiger partial charge is 0.264 e. The van der Waals surface area contributed by atoms with Crippen molar-refractivity contribution in [3.8, 4) is 0 Å². The Morgan fingerprint density at radius 3 is 2.91 bits per heavy atom. The quantitative estimate of drug-likeness (QED) is 0.848. The van der Waals surface area contributed by atoms with Crippen LogP contribution in [-0.2, 0) is 13.0 Å². The van der Waals surface area contributed by atoms with Crippen LogP contribution in [0.15, 0.2) is 12.1 Å². The highest BCUT2D eigenvalue weighted by Crippen LogP contribution is 2.34. The molecule has 0 saturated carbocycles. The molecule has 4 rings (SSSR count). The number of aryl methyl sites for hydroxylation is 2. The number of likely N-dealkylation sites (tertiary alicyclic amines) is 1. The topological polar surface area (TPSA) is 51.0 Å². The van der Waals surface area contributed by atoms with Crippen LogP contribution in [0.5, 0.6) is 0 Å². The van der Waals surface area contributed by atoms with Crippen LogP contribution in [0.2, 0.25) is 0 Å². The SMILES string of the molecule is Cc1ccc(C(=O)N2CCC[C@H]2c2nnc3n2CCCCC3)s1. The van der Waals surface area contributed by atoms with Crippen molar-refractivity contribution in [2.24, 2.45) is 0 Å². The van der Waals surface area contributed by atoms with Gasteiger partial charge in [0.2, 0.25) is 0 Å². The molecule has 122 valence electrons. The third-order valence-electron chi connectivity index (χ3n) is 4.90. The first-order chi connectivity index (χ1) is 11.2. The fourth-order valence-corrected chi connectivity index (χ4v) is 4.55. The van der Waals surface area contributed by atoms with Gasteiger partial charge in [-0.2, -0.15) is 0 Å². The van der Waals surface area contributed by atoms with Crippen LogP contribution in [0.3, 0.4) is 0 Å². The molecule has 0 N–H and O–H groups in total. The van der Waals surface area contributed by atoms with Gasteiger partial charge in [-0.15, -0.1) is 21.5 Å². The van der Waals surface area contributed by atoms with E-state index in [0.717, 1.165) is 48.9 Å². The Hall–Kier alpha value is -1.69. The Balaban J connectivity index is 1.63. The molecule has 0 bridgehead atoms. The van der Waals surface area contributed by atoms with Crippen molar-refractivity contribution in [2.45, 2.75) is 58.0 Å². The molecule has 1 atom stereocenters. The summed E-state index contributed by atoms with van der Waals surface area (Å²) < 4.78 is 2.28. The van der Waals surface area contributed by atoms with Gasteiger partial charge < -0.3 is 9.47 Å². The predicted octanol–water partition coefficient (Wildman–Crippen LogP) is 3.35. The van der Waals surface area contributed by atoms with Crippen molar-refractivity contribution in [3.63, 3.8) is 0 Å². The van der Waals surface area contributed by atoms with Gasteiger partial charge in [-0.3, -0.25) is 4.79 Å². The van der Waals surface area contributed by atoms with Gasteiger partial charge in [-0.25, -0.2) is 0 Å². The van der Waals surface area contributed by atoms with Crippen molar-refractivity contribution in [3.05, 3.63) is 33.5 Å². The largest absolute Gasteiger partial charge is 0.328 e. The van der Waals surface area contributed by atoms with E-state index in [1.807, 2.05) is 24.0 Å². The number of fused-ring (bicyclic) bond motifs is 1. The first-order valence-corrected chi connectivity index (χ1v) is 9.35. The van der Waals surface area contributed by atoms with Crippen molar-refractivity contribution in [1.29, 1.82) is 0 Å². The molecule has 6 heteroatoms. The molecule has 0 spiro atoms. The molecule has 23 heavy (non-hydrogen) atoms. The number of hydrogen-bond acceptors (Lipinski definition) is 4. The van der Waals surface area contributed by atoms with Crippen LogP contribution in [0.4, 0.5) is 0 Å². The average molecular weight is 330 g/mol.